The third-order valence-electron chi connectivity index (χ3n) is 6.55. The number of piperidine rings is 1. The van der Waals surface area contributed by atoms with Crippen LogP contribution in [0.3, 0.4) is 0 Å². The number of esters is 1. The van der Waals surface area contributed by atoms with Gasteiger partial charge in [0.25, 0.3) is 0 Å². The lowest BCUT2D eigenvalue weighted by Gasteiger charge is -2.39. The monoisotopic (exact) mass is 508 g/mol. The maximum absolute atomic E-state index is 13.1. The van der Waals surface area contributed by atoms with Crippen LogP contribution in [0.15, 0.2) is 72.8 Å². The molecule has 0 saturated carbocycles. The summed E-state index contributed by atoms with van der Waals surface area (Å²) in [6.07, 6.45) is 2.47. The first kappa shape index (κ1) is 26.0. The Labute approximate surface area is 218 Å². The molecule has 36 heavy (non-hydrogen) atoms. The Morgan fingerprint density at radius 1 is 0.972 bits per heavy atom. The molecule has 1 fully saturated rings. The van der Waals surface area contributed by atoms with Crippen molar-refractivity contribution in [2.45, 2.75) is 37.9 Å². The van der Waals surface area contributed by atoms with Crippen LogP contribution in [-0.4, -0.2) is 50.3 Å². The summed E-state index contributed by atoms with van der Waals surface area (Å²) < 4.78 is 16.9. The highest BCUT2D eigenvalue weighted by Gasteiger charge is 2.33. The summed E-state index contributed by atoms with van der Waals surface area (Å²) in [5, 5.41) is 4.11. The molecule has 1 aliphatic rings. The Morgan fingerprint density at radius 3 is 2.39 bits per heavy atom. The molecule has 4 rings (SSSR count). The fraction of sp³-hybridized carbons (Fsp3) is 0.345. The summed E-state index contributed by atoms with van der Waals surface area (Å²) in [6, 6.07) is 23.1. The quantitative estimate of drug-likeness (QED) is 0.366. The molecule has 0 radical (unpaired) electrons. The van der Waals surface area contributed by atoms with Crippen LogP contribution in [0.5, 0.6) is 17.2 Å². The molecule has 1 aliphatic heterocycles. The molecule has 1 unspecified atom stereocenters. The number of hydrogen-bond donors (Lipinski definition) is 1. The van der Waals surface area contributed by atoms with E-state index in [4.69, 9.17) is 25.8 Å². The number of nitrogens with one attached hydrogen (secondary N) is 1. The Hall–Kier alpha value is -3.06. The van der Waals surface area contributed by atoms with Gasteiger partial charge < -0.3 is 19.5 Å². The molecule has 1 N–H and O–H groups in total. The van der Waals surface area contributed by atoms with Crippen LogP contribution in [0.25, 0.3) is 0 Å². The fourth-order valence-corrected chi connectivity index (χ4v) is 4.82. The summed E-state index contributed by atoms with van der Waals surface area (Å²) in [6.45, 7) is 2.45. The molecule has 0 amide bonds. The van der Waals surface area contributed by atoms with Gasteiger partial charge in [0.2, 0.25) is 0 Å². The van der Waals surface area contributed by atoms with Crippen molar-refractivity contribution in [3.05, 3.63) is 88.9 Å². The lowest BCUT2D eigenvalue weighted by Crippen LogP contribution is -2.51. The van der Waals surface area contributed by atoms with E-state index in [1.54, 1.807) is 7.11 Å². The fourth-order valence-electron chi connectivity index (χ4n) is 4.70. The second-order valence-electron chi connectivity index (χ2n) is 8.92. The number of carbonyl (C=O) groups excluding carboxylic acids is 1. The summed E-state index contributed by atoms with van der Waals surface area (Å²) in [5.74, 6) is 1.81. The molecule has 1 heterocycles. The number of ether oxygens (including phenoxy) is 3. The Bertz CT molecular complexity index is 1130. The van der Waals surface area contributed by atoms with Crippen LogP contribution < -0.4 is 14.8 Å². The smallest absolute Gasteiger partial charge is 0.323 e. The highest BCUT2D eigenvalue weighted by Crippen LogP contribution is 2.32. The van der Waals surface area contributed by atoms with E-state index >= 15 is 0 Å². The number of para-hydroxylation sites is 2. The third kappa shape index (κ3) is 6.78. The van der Waals surface area contributed by atoms with E-state index in [1.165, 1.54) is 7.11 Å². The number of carbonyl (C=O) groups is 1. The van der Waals surface area contributed by atoms with Gasteiger partial charge >= 0.3 is 5.97 Å². The van der Waals surface area contributed by atoms with E-state index in [0.29, 0.717) is 29.5 Å². The van der Waals surface area contributed by atoms with E-state index in [-0.39, 0.29) is 12.0 Å². The van der Waals surface area contributed by atoms with Crippen molar-refractivity contribution < 1.29 is 19.0 Å². The van der Waals surface area contributed by atoms with Crippen LogP contribution in [0.1, 0.15) is 24.0 Å². The van der Waals surface area contributed by atoms with Crippen LogP contribution >= 0.6 is 11.6 Å². The van der Waals surface area contributed by atoms with Crippen molar-refractivity contribution in [3.8, 4) is 17.2 Å². The zero-order chi connectivity index (χ0) is 25.3. The molecule has 0 bridgehead atoms. The molecule has 7 heteroatoms. The first-order chi connectivity index (χ1) is 17.6. The van der Waals surface area contributed by atoms with Crippen molar-refractivity contribution in [2.24, 2.45) is 0 Å². The highest BCUT2D eigenvalue weighted by molar-refractivity contribution is 6.30. The van der Waals surface area contributed by atoms with Gasteiger partial charge in [-0.15, -0.1) is 0 Å². The van der Waals surface area contributed by atoms with Gasteiger partial charge in [-0.2, -0.15) is 0 Å². The van der Waals surface area contributed by atoms with Crippen LogP contribution in [0.2, 0.25) is 5.02 Å². The molecule has 3 aromatic carbocycles. The van der Waals surface area contributed by atoms with Crippen molar-refractivity contribution in [1.82, 2.24) is 10.2 Å². The van der Waals surface area contributed by atoms with Crippen LogP contribution in [-0.2, 0) is 22.5 Å². The number of methoxy groups -OCH3 is 2. The van der Waals surface area contributed by atoms with Gasteiger partial charge in [-0.25, -0.2) is 0 Å². The largest absolute Gasteiger partial charge is 0.493 e. The average molecular weight is 509 g/mol. The Morgan fingerprint density at radius 2 is 1.69 bits per heavy atom. The lowest BCUT2D eigenvalue weighted by molar-refractivity contribution is -0.148. The Kier molecular flexibility index (Phi) is 9.23. The predicted molar refractivity (Wildman–Crippen MR) is 142 cm³/mol. The molecule has 190 valence electrons. The second-order valence-corrected chi connectivity index (χ2v) is 9.36. The van der Waals surface area contributed by atoms with Gasteiger partial charge in [-0.1, -0.05) is 48.0 Å². The van der Waals surface area contributed by atoms with Gasteiger partial charge in [0, 0.05) is 17.6 Å². The molecular formula is C29H33ClN2O4. The first-order valence-corrected chi connectivity index (χ1v) is 12.6. The molecule has 0 aromatic heterocycles. The maximum atomic E-state index is 13.1. The zero-order valence-corrected chi connectivity index (χ0v) is 21.5. The normalized spacial score (nSPS) is 14.9. The van der Waals surface area contributed by atoms with Gasteiger partial charge in [-0.05, 0) is 79.9 Å². The topological polar surface area (TPSA) is 60.0 Å². The minimum atomic E-state index is -0.418. The molecule has 1 atom stereocenters. The lowest BCUT2D eigenvalue weighted by atomic mass is 9.97. The first-order valence-electron chi connectivity index (χ1n) is 12.3. The van der Waals surface area contributed by atoms with Gasteiger partial charge in [-0.3, -0.25) is 9.69 Å². The number of rotatable bonds is 10. The maximum Gasteiger partial charge on any atom is 0.323 e. The summed E-state index contributed by atoms with van der Waals surface area (Å²) in [4.78, 5) is 15.4. The van der Waals surface area contributed by atoms with E-state index in [1.807, 2.05) is 66.7 Å². The molecular weight excluding hydrogens is 476 g/mol. The highest BCUT2D eigenvalue weighted by atomic mass is 35.5. The molecule has 3 aromatic rings. The van der Waals surface area contributed by atoms with Crippen molar-refractivity contribution in [1.29, 1.82) is 0 Å². The Balaban J connectivity index is 1.61. The minimum absolute atomic E-state index is 0.232. The van der Waals surface area contributed by atoms with Crippen LogP contribution in [0, 0.1) is 0 Å². The zero-order valence-electron chi connectivity index (χ0n) is 20.8. The van der Waals surface area contributed by atoms with Crippen LogP contribution in [0.4, 0.5) is 0 Å². The molecule has 0 spiro atoms. The summed E-state index contributed by atoms with van der Waals surface area (Å²) in [5.41, 5.74) is 2.10. The molecule has 1 saturated heterocycles. The second kappa shape index (κ2) is 12.8. The summed E-state index contributed by atoms with van der Waals surface area (Å²) >= 11 is 6.09. The SMILES string of the molecule is COC(=O)C(Cc1ccc(Cl)cc1)N(Cc1cccc(Oc2ccccc2OC)c1)C1CCNCC1. The van der Waals surface area contributed by atoms with Gasteiger partial charge in [0.05, 0.1) is 14.2 Å². The van der Waals surface area contributed by atoms with Gasteiger partial charge in [0.1, 0.15) is 11.8 Å². The standard InChI is InChI=1S/C29H33ClN2O4/c1-34-27-8-3-4-9-28(27)36-25-7-5-6-22(18-25)20-32(24-14-16-31-17-15-24)26(29(33)35-2)19-21-10-12-23(30)13-11-21/h3-13,18,24,26,31H,14-17,19-20H2,1-2H3. The average Bonchev–Trinajstić information content (AvgIpc) is 2.92. The van der Waals surface area contributed by atoms with E-state index in [0.717, 1.165) is 42.8 Å². The number of nitrogens with zero attached hydrogens (tertiary/aromatic N) is 1. The number of hydrogen-bond acceptors (Lipinski definition) is 6. The van der Waals surface area contributed by atoms with E-state index in [2.05, 4.69) is 16.3 Å². The van der Waals surface area contributed by atoms with E-state index in [9.17, 15) is 4.79 Å². The molecule has 0 aliphatic carbocycles. The molecule has 6 nitrogen and oxygen atoms in total. The predicted octanol–water partition coefficient (Wildman–Crippen LogP) is 5.48. The van der Waals surface area contributed by atoms with Crippen molar-refractivity contribution >= 4 is 17.6 Å². The number of benzene rings is 3. The van der Waals surface area contributed by atoms with Gasteiger partial charge in [0.15, 0.2) is 11.5 Å². The van der Waals surface area contributed by atoms with Crippen molar-refractivity contribution in [3.63, 3.8) is 0 Å². The minimum Gasteiger partial charge on any atom is -0.493 e. The van der Waals surface area contributed by atoms with Crippen molar-refractivity contribution in [2.75, 3.05) is 27.3 Å². The van der Waals surface area contributed by atoms with E-state index < -0.39 is 6.04 Å². The third-order valence-corrected chi connectivity index (χ3v) is 6.81. The number of halogens is 1. The summed E-state index contributed by atoms with van der Waals surface area (Å²) in [7, 11) is 3.09.